The van der Waals surface area contributed by atoms with Gasteiger partial charge in [-0.2, -0.15) is 0 Å². The van der Waals surface area contributed by atoms with Gasteiger partial charge in [0, 0.05) is 37.1 Å². The maximum atomic E-state index is 12.7. The van der Waals surface area contributed by atoms with E-state index in [1.807, 2.05) is 34.5 Å². The highest BCUT2D eigenvalue weighted by Crippen LogP contribution is 2.29. The molecule has 4 rings (SSSR count). The van der Waals surface area contributed by atoms with Crippen LogP contribution in [0.2, 0.25) is 0 Å². The first-order valence-corrected chi connectivity index (χ1v) is 8.72. The van der Waals surface area contributed by atoms with E-state index in [-0.39, 0.29) is 30.7 Å². The summed E-state index contributed by atoms with van der Waals surface area (Å²) in [7, 11) is 1.65. The predicted molar refractivity (Wildman–Crippen MR) is 104 cm³/mol. The van der Waals surface area contributed by atoms with Crippen LogP contribution in [0, 0.1) is 11.8 Å². The van der Waals surface area contributed by atoms with Gasteiger partial charge in [-0.1, -0.05) is 0 Å². The topological polar surface area (TPSA) is 54.5 Å². The van der Waals surface area contributed by atoms with Crippen molar-refractivity contribution < 1.29 is 9.53 Å². The van der Waals surface area contributed by atoms with Gasteiger partial charge in [-0.15, -0.1) is 36.2 Å². The summed E-state index contributed by atoms with van der Waals surface area (Å²) in [4.78, 5) is 19.2. The van der Waals surface area contributed by atoms with Crippen LogP contribution in [0.15, 0.2) is 29.6 Å². The molecule has 25 heavy (non-hydrogen) atoms. The number of fused-ring (bicyclic) bond motifs is 1. The molecule has 1 amide bonds. The minimum Gasteiger partial charge on any atom is -0.497 e. The van der Waals surface area contributed by atoms with E-state index in [9.17, 15) is 4.79 Å². The average molecular weight is 402 g/mol. The van der Waals surface area contributed by atoms with Gasteiger partial charge in [-0.05, 0) is 36.1 Å². The summed E-state index contributed by atoms with van der Waals surface area (Å²) in [5.41, 5.74) is 1.58. The highest BCUT2D eigenvalue weighted by Gasteiger charge is 2.38. The van der Waals surface area contributed by atoms with Crippen molar-refractivity contribution in [2.24, 2.45) is 11.8 Å². The summed E-state index contributed by atoms with van der Waals surface area (Å²) in [5.74, 6) is 2.10. The third-order valence-corrected chi connectivity index (χ3v) is 5.63. The Morgan fingerprint density at radius 2 is 1.84 bits per heavy atom. The van der Waals surface area contributed by atoms with Gasteiger partial charge in [0.15, 0.2) is 0 Å². The molecule has 0 aliphatic carbocycles. The number of hydrogen-bond acceptors (Lipinski definition) is 5. The van der Waals surface area contributed by atoms with Gasteiger partial charge in [0.1, 0.15) is 16.5 Å². The van der Waals surface area contributed by atoms with Crippen molar-refractivity contribution in [2.75, 3.05) is 33.3 Å². The molecule has 2 aromatic rings. The maximum Gasteiger partial charge on any atom is 0.273 e. The third-order valence-electron chi connectivity index (χ3n) is 4.74. The fraction of sp³-hybridized carbons (Fsp3) is 0.412. The number of ether oxygens (including phenoxy) is 1. The molecule has 3 heterocycles. The normalized spacial score (nSPS) is 21.2. The van der Waals surface area contributed by atoms with Gasteiger partial charge in [-0.25, -0.2) is 4.98 Å². The Morgan fingerprint density at radius 3 is 2.44 bits per heavy atom. The number of thiazole rings is 1. The number of benzene rings is 1. The molecular weight excluding hydrogens is 381 g/mol. The fourth-order valence-electron chi connectivity index (χ4n) is 3.42. The average Bonchev–Trinajstić information content (AvgIpc) is 3.29. The number of hydrogen-bond donors (Lipinski definition) is 1. The molecule has 1 aromatic carbocycles. The molecule has 0 radical (unpaired) electrons. The summed E-state index contributed by atoms with van der Waals surface area (Å²) < 4.78 is 5.17. The zero-order chi connectivity index (χ0) is 15.8. The fourth-order valence-corrected chi connectivity index (χ4v) is 4.22. The minimum absolute atomic E-state index is 0. The van der Waals surface area contributed by atoms with Crippen LogP contribution >= 0.6 is 36.2 Å². The SMILES string of the molecule is COc1ccc(-c2nc(C(=O)N3C[C@H]4CNC[C@H]4C3)cs2)cc1.Cl.Cl. The number of carbonyl (C=O) groups is 1. The summed E-state index contributed by atoms with van der Waals surface area (Å²) in [6.07, 6.45) is 0. The number of nitrogens with zero attached hydrogens (tertiary/aromatic N) is 2. The lowest BCUT2D eigenvalue weighted by molar-refractivity contribution is 0.0777. The van der Waals surface area contributed by atoms with Crippen molar-refractivity contribution in [3.05, 3.63) is 35.3 Å². The van der Waals surface area contributed by atoms with Crippen molar-refractivity contribution >= 4 is 42.1 Å². The number of methoxy groups -OCH3 is 1. The second-order valence-corrected chi connectivity index (χ2v) is 7.01. The minimum atomic E-state index is 0. The van der Waals surface area contributed by atoms with E-state index in [0.29, 0.717) is 17.5 Å². The van der Waals surface area contributed by atoms with E-state index in [1.165, 1.54) is 11.3 Å². The molecule has 0 bridgehead atoms. The van der Waals surface area contributed by atoms with Crippen LogP contribution in [0.1, 0.15) is 10.5 Å². The van der Waals surface area contributed by atoms with E-state index in [2.05, 4.69) is 10.3 Å². The molecule has 2 fully saturated rings. The van der Waals surface area contributed by atoms with E-state index < -0.39 is 0 Å². The molecule has 136 valence electrons. The molecule has 8 heteroatoms. The zero-order valence-electron chi connectivity index (χ0n) is 13.8. The van der Waals surface area contributed by atoms with Gasteiger partial charge in [-0.3, -0.25) is 4.79 Å². The molecule has 1 N–H and O–H groups in total. The lowest BCUT2D eigenvalue weighted by Crippen LogP contribution is -2.32. The number of rotatable bonds is 3. The molecule has 2 atom stereocenters. The second-order valence-electron chi connectivity index (χ2n) is 6.15. The number of amides is 1. The van der Waals surface area contributed by atoms with Gasteiger partial charge in [0.2, 0.25) is 0 Å². The Morgan fingerprint density at radius 1 is 1.20 bits per heavy atom. The van der Waals surface area contributed by atoms with E-state index >= 15 is 0 Å². The van der Waals surface area contributed by atoms with Crippen molar-refractivity contribution in [1.29, 1.82) is 0 Å². The second kappa shape index (κ2) is 8.36. The van der Waals surface area contributed by atoms with Crippen LogP contribution < -0.4 is 10.1 Å². The number of nitrogens with one attached hydrogen (secondary N) is 1. The molecule has 2 aliphatic rings. The Labute approximate surface area is 163 Å². The summed E-state index contributed by atoms with van der Waals surface area (Å²) in [6.45, 7) is 3.77. The summed E-state index contributed by atoms with van der Waals surface area (Å²) in [6, 6.07) is 7.76. The molecule has 2 saturated heterocycles. The van der Waals surface area contributed by atoms with Gasteiger partial charge < -0.3 is 15.0 Å². The maximum absolute atomic E-state index is 12.7. The van der Waals surface area contributed by atoms with Gasteiger partial charge in [0.25, 0.3) is 5.91 Å². The molecule has 2 aliphatic heterocycles. The quantitative estimate of drug-likeness (QED) is 0.858. The molecule has 0 unspecified atom stereocenters. The Bertz CT molecular complexity index is 711. The number of aromatic nitrogens is 1. The number of carbonyl (C=O) groups excluding carboxylic acids is 1. The smallest absolute Gasteiger partial charge is 0.273 e. The van der Waals surface area contributed by atoms with Gasteiger partial charge in [0.05, 0.1) is 7.11 Å². The Kier molecular flexibility index (Phi) is 6.68. The molecule has 1 aromatic heterocycles. The monoisotopic (exact) mass is 401 g/mol. The van der Waals surface area contributed by atoms with Gasteiger partial charge >= 0.3 is 0 Å². The van der Waals surface area contributed by atoms with E-state index in [1.54, 1.807) is 7.11 Å². The molecule has 0 saturated carbocycles. The van der Waals surface area contributed by atoms with Crippen LogP contribution in [-0.4, -0.2) is 49.1 Å². The molecular formula is C17H21Cl2N3O2S. The Hall–Kier alpha value is -1.34. The van der Waals surface area contributed by atoms with E-state index in [0.717, 1.165) is 42.5 Å². The zero-order valence-corrected chi connectivity index (χ0v) is 16.3. The summed E-state index contributed by atoms with van der Waals surface area (Å²) in [5, 5.41) is 6.14. The number of halogens is 2. The third kappa shape index (κ3) is 3.92. The van der Waals surface area contributed by atoms with Crippen molar-refractivity contribution in [2.45, 2.75) is 0 Å². The van der Waals surface area contributed by atoms with E-state index in [4.69, 9.17) is 4.74 Å². The largest absolute Gasteiger partial charge is 0.497 e. The van der Waals surface area contributed by atoms with Crippen molar-refractivity contribution in [3.8, 4) is 16.3 Å². The highest BCUT2D eigenvalue weighted by atomic mass is 35.5. The van der Waals surface area contributed by atoms with Crippen LogP contribution in [-0.2, 0) is 0 Å². The predicted octanol–water partition coefficient (Wildman–Crippen LogP) is 2.95. The molecule has 0 spiro atoms. The Balaban J connectivity index is 0.00000113. The van der Waals surface area contributed by atoms with Crippen LogP contribution in [0.4, 0.5) is 0 Å². The first kappa shape index (κ1) is 20.0. The summed E-state index contributed by atoms with van der Waals surface area (Å²) >= 11 is 1.51. The first-order chi connectivity index (χ1) is 11.2. The van der Waals surface area contributed by atoms with Crippen LogP contribution in [0.5, 0.6) is 5.75 Å². The lowest BCUT2D eigenvalue weighted by atomic mass is 10.0. The van der Waals surface area contributed by atoms with Crippen molar-refractivity contribution in [1.82, 2.24) is 15.2 Å². The first-order valence-electron chi connectivity index (χ1n) is 7.84. The lowest BCUT2D eigenvalue weighted by Gasteiger charge is -2.15. The number of likely N-dealkylation sites (tertiary alicyclic amines) is 1. The van der Waals surface area contributed by atoms with Crippen LogP contribution in [0.3, 0.4) is 0 Å². The molecule has 5 nitrogen and oxygen atoms in total. The highest BCUT2D eigenvalue weighted by molar-refractivity contribution is 7.13. The standard InChI is InChI=1S/C17H19N3O2S.2ClH/c1-22-14-4-2-11(3-5-14)16-19-15(10-23-16)17(21)20-8-12-6-18-7-13(12)9-20;;/h2-5,10,12-13,18H,6-9H2,1H3;2*1H/t12-,13+;;. The van der Waals surface area contributed by atoms with Crippen molar-refractivity contribution in [3.63, 3.8) is 0 Å². The van der Waals surface area contributed by atoms with Crippen LogP contribution in [0.25, 0.3) is 10.6 Å².